The van der Waals surface area contributed by atoms with Crippen molar-refractivity contribution in [3.63, 3.8) is 0 Å². The van der Waals surface area contributed by atoms with E-state index in [2.05, 4.69) is 0 Å². The van der Waals surface area contributed by atoms with Crippen LogP contribution in [-0.4, -0.2) is 68.5 Å². The summed E-state index contributed by atoms with van der Waals surface area (Å²) < 4.78 is 43.0. The van der Waals surface area contributed by atoms with Crippen molar-refractivity contribution >= 4 is 16.1 Å². The number of carbonyl (C=O) groups excluding carboxylic acids is 1. The van der Waals surface area contributed by atoms with Gasteiger partial charge in [0.2, 0.25) is 0 Å². The standard InChI is InChI=1S/C18H29NO6S/c20-18(17-9-12-8-16(17)15-3-1-2-14(12)15)25-13(11-26(21,22)23)10-19-4-6-24-7-5-19/h12-17H,1-11H2,(H,21,22,23). The third-order valence-corrected chi connectivity index (χ3v) is 7.77. The van der Waals surface area contributed by atoms with Gasteiger partial charge in [-0.3, -0.25) is 14.2 Å². The molecule has 0 spiro atoms. The average Bonchev–Trinajstić information content (AvgIpc) is 3.27. The lowest BCUT2D eigenvalue weighted by molar-refractivity contribution is -0.157. The number of hydrogen-bond acceptors (Lipinski definition) is 6. The lowest BCUT2D eigenvalue weighted by Crippen LogP contribution is -2.45. The second-order valence-corrected chi connectivity index (χ2v) is 9.98. The SMILES string of the molecule is O=C(OC(CN1CCOCC1)CS(=O)(=O)O)C1CC2CC1C1CCCC21. The maximum absolute atomic E-state index is 12.8. The van der Waals surface area contributed by atoms with E-state index >= 15 is 0 Å². The predicted octanol–water partition coefficient (Wildman–Crippen LogP) is 1.19. The van der Waals surface area contributed by atoms with Gasteiger partial charge in [-0.15, -0.1) is 0 Å². The van der Waals surface area contributed by atoms with Crippen LogP contribution in [0.5, 0.6) is 0 Å². The largest absolute Gasteiger partial charge is 0.460 e. The average molecular weight is 387 g/mol. The van der Waals surface area contributed by atoms with Crippen molar-refractivity contribution in [1.82, 2.24) is 4.90 Å². The van der Waals surface area contributed by atoms with Gasteiger partial charge in [0.1, 0.15) is 11.9 Å². The number of rotatable bonds is 6. The van der Waals surface area contributed by atoms with Crippen molar-refractivity contribution in [3.05, 3.63) is 0 Å². The molecule has 1 saturated heterocycles. The van der Waals surface area contributed by atoms with Crippen LogP contribution >= 0.6 is 0 Å². The molecule has 4 aliphatic rings. The van der Waals surface area contributed by atoms with Gasteiger partial charge in [-0.25, -0.2) is 0 Å². The summed E-state index contributed by atoms with van der Waals surface area (Å²) >= 11 is 0. The fourth-order valence-corrected chi connectivity index (χ4v) is 6.66. The normalized spacial score (nSPS) is 38.3. The smallest absolute Gasteiger partial charge is 0.309 e. The number of esters is 1. The second-order valence-electron chi connectivity index (χ2n) is 8.48. The van der Waals surface area contributed by atoms with E-state index in [0.29, 0.717) is 50.6 Å². The molecule has 0 aromatic rings. The quantitative estimate of drug-likeness (QED) is 0.540. The maximum Gasteiger partial charge on any atom is 0.309 e. The third-order valence-electron chi connectivity index (χ3n) is 6.98. The van der Waals surface area contributed by atoms with E-state index in [1.165, 1.54) is 19.3 Å². The van der Waals surface area contributed by atoms with Crippen LogP contribution in [0.25, 0.3) is 0 Å². The molecule has 1 heterocycles. The molecule has 7 nitrogen and oxygen atoms in total. The van der Waals surface area contributed by atoms with Gasteiger partial charge in [0, 0.05) is 19.6 Å². The topological polar surface area (TPSA) is 93.1 Å². The Morgan fingerprint density at radius 3 is 2.62 bits per heavy atom. The fourth-order valence-electron chi connectivity index (χ4n) is 6.02. The molecule has 6 unspecified atom stereocenters. The Hall–Kier alpha value is -0.700. The third kappa shape index (κ3) is 3.93. The van der Waals surface area contributed by atoms with Gasteiger partial charge < -0.3 is 9.47 Å². The fraction of sp³-hybridized carbons (Fsp3) is 0.944. The monoisotopic (exact) mass is 387 g/mol. The minimum atomic E-state index is -4.20. The minimum Gasteiger partial charge on any atom is -0.460 e. The Morgan fingerprint density at radius 2 is 1.88 bits per heavy atom. The molecule has 148 valence electrons. The highest BCUT2D eigenvalue weighted by Gasteiger charge is 2.56. The van der Waals surface area contributed by atoms with Gasteiger partial charge in [-0.1, -0.05) is 6.42 Å². The van der Waals surface area contributed by atoms with Crippen LogP contribution in [0.3, 0.4) is 0 Å². The molecule has 0 aromatic heterocycles. The number of fused-ring (bicyclic) bond motifs is 5. The van der Waals surface area contributed by atoms with Crippen molar-refractivity contribution in [2.24, 2.45) is 29.6 Å². The molecule has 2 bridgehead atoms. The highest BCUT2D eigenvalue weighted by molar-refractivity contribution is 7.85. The molecule has 0 aromatic carbocycles. The summed E-state index contributed by atoms with van der Waals surface area (Å²) in [6.45, 7) is 2.85. The van der Waals surface area contributed by atoms with E-state index < -0.39 is 22.0 Å². The van der Waals surface area contributed by atoms with E-state index in [1.807, 2.05) is 4.90 Å². The summed E-state index contributed by atoms with van der Waals surface area (Å²) in [6.07, 6.45) is 4.98. The Labute approximate surface area is 155 Å². The first kappa shape index (κ1) is 18.7. The molecule has 1 aliphatic heterocycles. The minimum absolute atomic E-state index is 0.0899. The van der Waals surface area contributed by atoms with Gasteiger partial charge in [-0.05, 0) is 49.4 Å². The lowest BCUT2D eigenvalue weighted by atomic mass is 9.76. The summed E-state index contributed by atoms with van der Waals surface area (Å²) in [6, 6.07) is 0. The summed E-state index contributed by atoms with van der Waals surface area (Å²) in [5.41, 5.74) is 0. The lowest BCUT2D eigenvalue weighted by Gasteiger charge is -2.33. The highest BCUT2D eigenvalue weighted by atomic mass is 32.2. The molecule has 0 radical (unpaired) electrons. The van der Waals surface area contributed by atoms with E-state index in [-0.39, 0.29) is 11.9 Å². The van der Waals surface area contributed by atoms with E-state index in [4.69, 9.17) is 9.47 Å². The number of hydrogen-bond donors (Lipinski definition) is 1. The first-order valence-corrected chi connectivity index (χ1v) is 11.5. The van der Waals surface area contributed by atoms with Crippen LogP contribution in [0, 0.1) is 29.6 Å². The van der Waals surface area contributed by atoms with Crippen LogP contribution in [0.2, 0.25) is 0 Å². The zero-order chi connectivity index (χ0) is 18.3. The predicted molar refractivity (Wildman–Crippen MR) is 94.1 cm³/mol. The zero-order valence-electron chi connectivity index (χ0n) is 15.1. The van der Waals surface area contributed by atoms with Crippen molar-refractivity contribution < 1.29 is 27.2 Å². The Kier molecular flexibility index (Phi) is 5.29. The number of nitrogens with zero attached hydrogens (tertiary/aromatic N) is 1. The van der Waals surface area contributed by atoms with Crippen LogP contribution in [0.4, 0.5) is 0 Å². The summed E-state index contributed by atoms with van der Waals surface area (Å²) in [4.78, 5) is 14.8. The molecule has 1 N–H and O–H groups in total. The molecule has 0 amide bonds. The number of ether oxygens (including phenoxy) is 2. The summed E-state index contributed by atoms with van der Waals surface area (Å²) in [5, 5.41) is 0. The van der Waals surface area contributed by atoms with E-state index in [9.17, 15) is 17.8 Å². The highest BCUT2D eigenvalue weighted by Crippen LogP contribution is 2.61. The van der Waals surface area contributed by atoms with Crippen molar-refractivity contribution in [2.75, 3.05) is 38.6 Å². The van der Waals surface area contributed by atoms with E-state index in [1.54, 1.807) is 0 Å². The Morgan fingerprint density at radius 1 is 1.15 bits per heavy atom. The van der Waals surface area contributed by atoms with Gasteiger partial charge in [-0.2, -0.15) is 8.42 Å². The molecular weight excluding hydrogens is 358 g/mol. The first-order chi connectivity index (χ1) is 12.4. The summed E-state index contributed by atoms with van der Waals surface area (Å²) in [7, 11) is -4.20. The van der Waals surface area contributed by atoms with Crippen molar-refractivity contribution in [2.45, 2.75) is 38.2 Å². The second kappa shape index (κ2) is 7.37. The van der Waals surface area contributed by atoms with Gasteiger partial charge in [0.05, 0.1) is 19.1 Å². The first-order valence-electron chi connectivity index (χ1n) is 9.86. The molecule has 26 heavy (non-hydrogen) atoms. The van der Waals surface area contributed by atoms with Crippen LogP contribution in [-0.2, 0) is 24.4 Å². The summed E-state index contributed by atoms with van der Waals surface area (Å²) in [5.74, 6) is 1.62. The van der Waals surface area contributed by atoms with Crippen molar-refractivity contribution in [3.8, 4) is 0 Å². The van der Waals surface area contributed by atoms with Crippen LogP contribution in [0.15, 0.2) is 0 Å². The molecule has 3 saturated carbocycles. The van der Waals surface area contributed by atoms with Crippen molar-refractivity contribution in [1.29, 1.82) is 0 Å². The van der Waals surface area contributed by atoms with Gasteiger partial charge in [0.25, 0.3) is 10.1 Å². The van der Waals surface area contributed by atoms with Crippen LogP contribution in [0.1, 0.15) is 32.1 Å². The molecule has 4 fully saturated rings. The maximum atomic E-state index is 12.8. The Bertz CT molecular complexity index is 632. The van der Waals surface area contributed by atoms with Gasteiger partial charge in [0.15, 0.2) is 0 Å². The van der Waals surface area contributed by atoms with Crippen LogP contribution < -0.4 is 0 Å². The molecular formula is C18H29NO6S. The zero-order valence-corrected chi connectivity index (χ0v) is 15.9. The number of morpholine rings is 1. The molecule has 8 heteroatoms. The molecule has 6 atom stereocenters. The molecule has 3 aliphatic carbocycles. The molecule has 4 rings (SSSR count). The number of carbonyl (C=O) groups is 1. The van der Waals surface area contributed by atoms with E-state index in [0.717, 1.165) is 18.8 Å². The van der Waals surface area contributed by atoms with Gasteiger partial charge >= 0.3 is 5.97 Å². The Balaban J connectivity index is 1.39.